The molecule has 0 aromatic heterocycles. The van der Waals surface area contributed by atoms with Crippen molar-refractivity contribution in [1.29, 1.82) is 0 Å². The minimum atomic E-state index is -0.506. The Labute approximate surface area is 163 Å². The summed E-state index contributed by atoms with van der Waals surface area (Å²) < 4.78 is 11.0. The van der Waals surface area contributed by atoms with Gasteiger partial charge in [-0.1, -0.05) is 38.0 Å². The van der Waals surface area contributed by atoms with Crippen molar-refractivity contribution in [2.45, 2.75) is 79.2 Å². The molecule has 4 aliphatic rings. The first-order valence-corrected chi connectivity index (χ1v) is 10.3. The number of carbonyl (C=O) groups excluding carboxylic acids is 2. The lowest BCUT2D eigenvalue weighted by Crippen LogP contribution is -2.55. The van der Waals surface area contributed by atoms with Gasteiger partial charge >= 0.3 is 11.9 Å². The molecule has 4 rings (SSSR count). The highest BCUT2D eigenvalue weighted by Gasteiger charge is 2.56. The first-order valence-electron chi connectivity index (χ1n) is 10.3. The first-order chi connectivity index (χ1) is 12.6. The fourth-order valence-corrected chi connectivity index (χ4v) is 5.91. The van der Waals surface area contributed by atoms with E-state index in [-0.39, 0.29) is 30.0 Å². The lowest BCUT2D eigenvalue weighted by atomic mass is 9.47. The van der Waals surface area contributed by atoms with Gasteiger partial charge in [-0.05, 0) is 69.3 Å². The minimum absolute atomic E-state index is 0.118. The van der Waals surface area contributed by atoms with Crippen LogP contribution in [-0.2, 0) is 19.1 Å². The summed E-state index contributed by atoms with van der Waals surface area (Å²) in [5.41, 5.74) is 2.85. The van der Waals surface area contributed by atoms with Crippen molar-refractivity contribution < 1.29 is 19.1 Å². The second-order valence-electron chi connectivity index (χ2n) is 9.58. The lowest BCUT2D eigenvalue weighted by molar-refractivity contribution is -0.176. The monoisotopic (exact) mass is 374 g/mol. The third-order valence-electron chi connectivity index (χ3n) is 7.56. The first kappa shape index (κ1) is 20.2. The van der Waals surface area contributed by atoms with E-state index in [1.807, 2.05) is 6.08 Å². The molecule has 150 valence electrons. The number of ether oxygens (including phenoxy) is 2. The fourth-order valence-electron chi connectivity index (χ4n) is 5.91. The molecular weight excluding hydrogens is 340 g/mol. The summed E-state index contributed by atoms with van der Waals surface area (Å²) in [5.74, 6) is 0.0415. The largest absolute Gasteiger partial charge is 0.461 e. The predicted molar refractivity (Wildman–Crippen MR) is 105 cm³/mol. The molecule has 0 unspecified atom stereocenters. The van der Waals surface area contributed by atoms with Crippen LogP contribution >= 0.6 is 0 Å². The Morgan fingerprint density at radius 3 is 2.52 bits per heavy atom. The molecule has 4 bridgehead atoms. The molecule has 0 saturated heterocycles. The van der Waals surface area contributed by atoms with Crippen LogP contribution in [0.5, 0.6) is 0 Å². The zero-order valence-electron chi connectivity index (χ0n) is 17.5. The maximum Gasteiger partial charge on any atom is 0.317 e. The van der Waals surface area contributed by atoms with Crippen LogP contribution in [0.2, 0.25) is 0 Å². The molecule has 1 fully saturated rings. The van der Waals surface area contributed by atoms with E-state index < -0.39 is 11.9 Å². The maximum absolute atomic E-state index is 12.3. The second-order valence-corrected chi connectivity index (χ2v) is 9.58. The molecule has 2 aliphatic heterocycles. The fraction of sp³-hybridized carbons (Fsp3) is 0.739. The number of rotatable bonds is 0. The van der Waals surface area contributed by atoms with Crippen LogP contribution in [-0.4, -0.2) is 24.6 Å². The van der Waals surface area contributed by atoms with Crippen molar-refractivity contribution in [2.24, 2.45) is 22.7 Å². The maximum atomic E-state index is 12.3. The molecule has 4 nitrogen and oxygen atoms in total. The Kier molecular flexibility index (Phi) is 5.56. The van der Waals surface area contributed by atoms with E-state index in [1.54, 1.807) is 0 Å². The van der Waals surface area contributed by atoms with Gasteiger partial charge in [0.15, 0.2) is 0 Å². The summed E-state index contributed by atoms with van der Waals surface area (Å²) in [6.45, 7) is 11.5. The number of allylic oxidation sites excluding steroid dienone is 3. The summed E-state index contributed by atoms with van der Waals surface area (Å²) >= 11 is 0. The summed E-state index contributed by atoms with van der Waals surface area (Å²) in [4.78, 5) is 24.2. The zero-order chi connectivity index (χ0) is 19.8. The van der Waals surface area contributed by atoms with Gasteiger partial charge < -0.3 is 9.47 Å². The van der Waals surface area contributed by atoms with Crippen molar-refractivity contribution in [3.63, 3.8) is 0 Å². The van der Waals surface area contributed by atoms with Crippen LogP contribution in [0.4, 0.5) is 0 Å². The van der Waals surface area contributed by atoms with E-state index in [4.69, 9.17) is 9.47 Å². The van der Waals surface area contributed by atoms with Crippen LogP contribution in [0.3, 0.4) is 0 Å². The molecule has 0 N–H and O–H groups in total. The van der Waals surface area contributed by atoms with E-state index in [1.165, 1.54) is 11.1 Å². The zero-order valence-corrected chi connectivity index (χ0v) is 17.5. The topological polar surface area (TPSA) is 52.6 Å². The number of hydrogen-bond donors (Lipinski definition) is 0. The van der Waals surface area contributed by atoms with Gasteiger partial charge in [0.25, 0.3) is 0 Å². The highest BCUT2D eigenvalue weighted by molar-refractivity contribution is 5.91. The third-order valence-corrected chi connectivity index (χ3v) is 7.56. The summed E-state index contributed by atoms with van der Waals surface area (Å²) in [5, 5.41) is 0. The number of esters is 2. The molecular formula is C23H34O4. The molecule has 0 aromatic carbocycles. The van der Waals surface area contributed by atoms with Gasteiger partial charge in [0.1, 0.15) is 19.1 Å². The van der Waals surface area contributed by atoms with Crippen molar-refractivity contribution >= 4 is 11.9 Å². The van der Waals surface area contributed by atoms with E-state index in [9.17, 15) is 9.59 Å². The molecule has 27 heavy (non-hydrogen) atoms. The van der Waals surface area contributed by atoms with Crippen LogP contribution in [0, 0.1) is 22.7 Å². The van der Waals surface area contributed by atoms with E-state index in [2.05, 4.69) is 40.7 Å². The van der Waals surface area contributed by atoms with Crippen LogP contribution in [0.25, 0.3) is 0 Å². The van der Waals surface area contributed by atoms with Crippen molar-refractivity contribution in [2.75, 3.05) is 6.61 Å². The highest BCUT2D eigenvalue weighted by Crippen LogP contribution is 2.61. The normalized spacial score (nSPS) is 39.2. The van der Waals surface area contributed by atoms with Gasteiger partial charge in [-0.25, -0.2) is 0 Å². The van der Waals surface area contributed by atoms with Gasteiger partial charge in [0.05, 0.1) is 0 Å². The Bertz CT molecular complexity index is 672. The predicted octanol–water partition coefficient (Wildman–Crippen LogP) is 4.98. The quantitative estimate of drug-likeness (QED) is 0.341. The molecule has 1 saturated carbocycles. The van der Waals surface area contributed by atoms with E-state index in [0.29, 0.717) is 11.8 Å². The smallest absolute Gasteiger partial charge is 0.317 e. The summed E-state index contributed by atoms with van der Waals surface area (Å²) in [6.07, 6.45) is 9.01. The second kappa shape index (κ2) is 7.44. The summed E-state index contributed by atoms with van der Waals surface area (Å²) in [7, 11) is 0. The Morgan fingerprint density at radius 1 is 1.04 bits per heavy atom. The summed E-state index contributed by atoms with van der Waals surface area (Å²) in [6, 6.07) is 0. The van der Waals surface area contributed by atoms with Crippen LogP contribution in [0.15, 0.2) is 23.3 Å². The average Bonchev–Trinajstić information content (AvgIpc) is 2.56. The van der Waals surface area contributed by atoms with Gasteiger partial charge in [-0.15, -0.1) is 0 Å². The SMILES string of the molecule is CC1=CC[C@H]2C(C)(C)[C@@H]3CC[C@@]2(C)[C@@H]1CC/C(C)=C/COC(=O)CC(=O)O3. The van der Waals surface area contributed by atoms with E-state index >= 15 is 0 Å². The van der Waals surface area contributed by atoms with Crippen molar-refractivity contribution in [3.05, 3.63) is 23.3 Å². The standard InChI is InChI=1S/C23H34O4/c1-15-6-8-17-16(2)7-9-18-22(3,4)19(10-12-23(17,18)5)27-21(25)14-20(24)26-13-11-15/h7,11,17-19H,6,8-10,12-14H2,1-5H3/b15-11+/t17-,18+,19+,23+/m1/s1. The van der Waals surface area contributed by atoms with Gasteiger partial charge in [-0.3, -0.25) is 9.59 Å². The molecule has 4 heteroatoms. The average molecular weight is 375 g/mol. The molecule has 2 heterocycles. The molecule has 0 spiro atoms. The third kappa shape index (κ3) is 3.86. The van der Waals surface area contributed by atoms with Crippen molar-refractivity contribution in [1.82, 2.24) is 0 Å². The van der Waals surface area contributed by atoms with Gasteiger partial charge in [0, 0.05) is 5.41 Å². The van der Waals surface area contributed by atoms with Crippen LogP contribution < -0.4 is 0 Å². The molecule has 4 atom stereocenters. The number of carbonyl (C=O) groups is 2. The number of fused-ring (bicyclic) bond motifs is 9. The minimum Gasteiger partial charge on any atom is -0.461 e. The molecule has 2 aliphatic carbocycles. The molecule has 0 amide bonds. The molecule has 0 radical (unpaired) electrons. The van der Waals surface area contributed by atoms with Gasteiger partial charge in [-0.2, -0.15) is 0 Å². The number of hydrogen-bond acceptors (Lipinski definition) is 4. The lowest BCUT2D eigenvalue weighted by Gasteiger charge is -2.59. The molecule has 0 aromatic rings. The van der Waals surface area contributed by atoms with Crippen molar-refractivity contribution in [3.8, 4) is 0 Å². The van der Waals surface area contributed by atoms with E-state index in [0.717, 1.165) is 32.1 Å². The Morgan fingerprint density at radius 2 is 1.78 bits per heavy atom. The Hall–Kier alpha value is -1.58. The highest BCUT2D eigenvalue weighted by atomic mass is 16.6. The van der Waals surface area contributed by atoms with Gasteiger partial charge in [0.2, 0.25) is 0 Å². The Balaban J connectivity index is 1.96. The van der Waals surface area contributed by atoms with Crippen LogP contribution in [0.1, 0.15) is 73.1 Å².